The van der Waals surface area contributed by atoms with Crippen LogP contribution in [0, 0.1) is 17.7 Å². The summed E-state index contributed by atoms with van der Waals surface area (Å²) in [6, 6.07) is 10.7. The van der Waals surface area contributed by atoms with E-state index >= 15 is 4.39 Å². The Bertz CT molecular complexity index is 1480. The smallest absolute Gasteiger partial charge is 0.228 e. The SMILES string of the molecule is OC[C@@H]1CCN1c1nc(N2CC3CCC(C3)C2)c2cnc(-c3cc(O)cc4ccccc34)c(F)c2n1. The quantitative estimate of drug-likeness (QED) is 0.440. The second-order valence-corrected chi connectivity index (χ2v) is 10.5. The molecule has 4 heterocycles. The first-order valence-corrected chi connectivity index (χ1v) is 12.8. The lowest BCUT2D eigenvalue weighted by Gasteiger charge is -2.40. The van der Waals surface area contributed by atoms with Crippen LogP contribution in [0.3, 0.4) is 0 Å². The topological polar surface area (TPSA) is 85.6 Å². The van der Waals surface area contributed by atoms with E-state index in [2.05, 4.69) is 9.88 Å². The van der Waals surface area contributed by atoms with Crippen molar-refractivity contribution in [2.75, 3.05) is 36.0 Å². The van der Waals surface area contributed by atoms with Crippen molar-refractivity contribution in [2.24, 2.45) is 11.8 Å². The fourth-order valence-electron chi connectivity index (χ4n) is 6.35. The van der Waals surface area contributed by atoms with E-state index in [1.165, 1.54) is 19.3 Å². The molecule has 2 saturated heterocycles. The molecular weight excluding hydrogens is 457 g/mol. The third-order valence-corrected chi connectivity index (χ3v) is 8.27. The van der Waals surface area contributed by atoms with Crippen LogP contribution in [0.15, 0.2) is 42.6 Å². The number of hydrogen-bond donors (Lipinski definition) is 2. The summed E-state index contributed by atoms with van der Waals surface area (Å²) in [4.78, 5) is 18.4. The zero-order valence-corrected chi connectivity index (χ0v) is 19.9. The van der Waals surface area contributed by atoms with E-state index in [1.807, 2.05) is 29.2 Å². The summed E-state index contributed by atoms with van der Waals surface area (Å²) in [5.41, 5.74) is 0.917. The molecule has 2 aliphatic heterocycles. The van der Waals surface area contributed by atoms with Gasteiger partial charge in [-0.3, -0.25) is 4.98 Å². The molecule has 2 aromatic carbocycles. The first-order chi connectivity index (χ1) is 17.6. The van der Waals surface area contributed by atoms with Gasteiger partial charge in [0.25, 0.3) is 0 Å². The van der Waals surface area contributed by atoms with Gasteiger partial charge in [0.2, 0.25) is 5.95 Å². The molecule has 184 valence electrons. The number of anilines is 2. The zero-order valence-electron chi connectivity index (χ0n) is 19.9. The van der Waals surface area contributed by atoms with E-state index < -0.39 is 5.82 Å². The van der Waals surface area contributed by atoms with Crippen molar-refractivity contribution < 1.29 is 14.6 Å². The monoisotopic (exact) mass is 485 g/mol. The summed E-state index contributed by atoms with van der Waals surface area (Å²) < 4.78 is 16.4. The molecule has 0 spiro atoms. The highest BCUT2D eigenvalue weighted by Crippen LogP contribution is 2.41. The summed E-state index contributed by atoms with van der Waals surface area (Å²) in [5, 5.41) is 22.4. The van der Waals surface area contributed by atoms with Gasteiger partial charge in [0.05, 0.1) is 18.0 Å². The average molecular weight is 486 g/mol. The lowest BCUT2D eigenvalue weighted by Crippen LogP contribution is -2.51. The van der Waals surface area contributed by atoms with E-state index in [1.54, 1.807) is 18.3 Å². The molecule has 2 aromatic heterocycles. The van der Waals surface area contributed by atoms with E-state index in [9.17, 15) is 10.2 Å². The van der Waals surface area contributed by atoms with Gasteiger partial charge in [-0.05, 0) is 60.4 Å². The Morgan fingerprint density at radius 3 is 2.56 bits per heavy atom. The number of hydrogen-bond acceptors (Lipinski definition) is 7. The Hall–Kier alpha value is -3.52. The molecule has 3 fully saturated rings. The molecule has 1 aliphatic carbocycles. The summed E-state index contributed by atoms with van der Waals surface area (Å²) in [5.74, 6) is 2.01. The molecule has 1 saturated carbocycles. The average Bonchev–Trinajstić information content (AvgIpc) is 3.20. The van der Waals surface area contributed by atoms with Gasteiger partial charge >= 0.3 is 0 Å². The Kier molecular flexibility index (Phi) is 4.99. The Morgan fingerprint density at radius 2 is 1.81 bits per heavy atom. The lowest BCUT2D eigenvalue weighted by atomic mass is 9.98. The first kappa shape index (κ1) is 21.7. The molecule has 36 heavy (non-hydrogen) atoms. The number of aliphatic hydroxyl groups is 1. The van der Waals surface area contributed by atoms with Gasteiger partial charge in [-0.25, -0.2) is 9.37 Å². The second-order valence-electron chi connectivity index (χ2n) is 10.5. The van der Waals surface area contributed by atoms with Crippen molar-refractivity contribution in [2.45, 2.75) is 31.7 Å². The van der Waals surface area contributed by atoms with Gasteiger partial charge in [0.1, 0.15) is 22.8 Å². The van der Waals surface area contributed by atoms with Gasteiger partial charge in [0.15, 0.2) is 5.82 Å². The number of piperidine rings is 1. The molecule has 7 nitrogen and oxygen atoms in total. The number of phenols is 1. The molecule has 2 bridgehead atoms. The highest BCUT2D eigenvalue weighted by Gasteiger charge is 2.36. The largest absolute Gasteiger partial charge is 0.508 e. The molecule has 4 aromatic rings. The molecule has 2 unspecified atom stereocenters. The number of aromatic hydroxyl groups is 1. The summed E-state index contributed by atoms with van der Waals surface area (Å²) >= 11 is 0. The van der Waals surface area contributed by atoms with Crippen LogP contribution >= 0.6 is 0 Å². The van der Waals surface area contributed by atoms with Crippen LogP contribution in [-0.2, 0) is 0 Å². The maximum Gasteiger partial charge on any atom is 0.228 e. The molecule has 0 amide bonds. The van der Waals surface area contributed by atoms with Gasteiger partial charge in [-0.1, -0.05) is 24.3 Å². The van der Waals surface area contributed by atoms with Gasteiger partial charge < -0.3 is 20.0 Å². The van der Waals surface area contributed by atoms with E-state index in [0.29, 0.717) is 28.7 Å². The van der Waals surface area contributed by atoms with Crippen molar-refractivity contribution in [1.29, 1.82) is 0 Å². The highest BCUT2D eigenvalue weighted by atomic mass is 19.1. The number of halogens is 1. The van der Waals surface area contributed by atoms with Crippen LogP contribution in [0.2, 0.25) is 0 Å². The predicted octanol–water partition coefficient (Wildman–Crippen LogP) is 4.50. The van der Waals surface area contributed by atoms with Crippen molar-refractivity contribution in [3.63, 3.8) is 0 Å². The second kappa shape index (κ2) is 8.27. The molecule has 7 rings (SSSR count). The van der Waals surface area contributed by atoms with Crippen molar-refractivity contribution in [3.05, 3.63) is 48.4 Å². The molecule has 0 radical (unpaired) electrons. The minimum absolute atomic E-state index is 0.0178. The number of aliphatic hydroxyl groups excluding tert-OH is 1. The number of aromatic nitrogens is 3. The van der Waals surface area contributed by atoms with Gasteiger partial charge in [-0.15, -0.1) is 0 Å². The van der Waals surface area contributed by atoms with E-state index in [0.717, 1.165) is 42.6 Å². The van der Waals surface area contributed by atoms with Crippen molar-refractivity contribution in [3.8, 4) is 17.0 Å². The standard InChI is InChI=1S/C28H28FN5O2/c29-24-25(22-11-20(36)10-18-3-1-2-4-21(18)22)30-12-23-26(24)31-28(34-8-7-19(34)15-35)32-27(23)33-13-16-5-6-17(9-16)14-33/h1-4,10-12,16-17,19,35-36H,5-9,13-15H2/t16?,17?,19-/m0/s1. The molecule has 3 aliphatic rings. The number of fused-ring (bicyclic) bond motifs is 4. The van der Waals surface area contributed by atoms with E-state index in [-0.39, 0.29) is 29.6 Å². The molecular formula is C28H28FN5O2. The molecule has 3 atom stereocenters. The van der Waals surface area contributed by atoms with Crippen LogP contribution in [0.5, 0.6) is 5.75 Å². The normalized spacial score (nSPS) is 23.4. The maximum absolute atomic E-state index is 16.4. The number of pyridine rings is 1. The number of rotatable bonds is 4. The minimum Gasteiger partial charge on any atom is -0.508 e. The number of benzene rings is 2. The van der Waals surface area contributed by atoms with Crippen LogP contribution in [-0.4, -0.2) is 57.4 Å². The zero-order chi connectivity index (χ0) is 24.4. The van der Waals surface area contributed by atoms with Crippen LogP contribution in [0.1, 0.15) is 25.7 Å². The Morgan fingerprint density at radius 1 is 1.00 bits per heavy atom. The number of phenolic OH excluding ortho intramolecular Hbond substituents is 1. The van der Waals surface area contributed by atoms with Crippen LogP contribution in [0.25, 0.3) is 32.9 Å². The Balaban J connectivity index is 1.43. The van der Waals surface area contributed by atoms with Crippen molar-refractivity contribution in [1.82, 2.24) is 15.0 Å². The van der Waals surface area contributed by atoms with Crippen molar-refractivity contribution >= 4 is 33.4 Å². The lowest BCUT2D eigenvalue weighted by molar-refractivity contribution is 0.225. The first-order valence-electron chi connectivity index (χ1n) is 12.8. The number of nitrogens with zero attached hydrogens (tertiary/aromatic N) is 5. The third-order valence-electron chi connectivity index (χ3n) is 8.27. The fourth-order valence-corrected chi connectivity index (χ4v) is 6.35. The maximum atomic E-state index is 16.4. The summed E-state index contributed by atoms with van der Waals surface area (Å²) in [6.45, 7) is 2.57. The molecule has 8 heteroatoms. The van der Waals surface area contributed by atoms with Gasteiger partial charge in [0, 0.05) is 31.4 Å². The fraction of sp³-hybridized carbons (Fsp3) is 0.393. The Labute approximate surface area is 208 Å². The summed E-state index contributed by atoms with van der Waals surface area (Å²) in [6.07, 6.45) is 6.27. The predicted molar refractivity (Wildman–Crippen MR) is 138 cm³/mol. The third kappa shape index (κ3) is 3.38. The molecule has 2 N–H and O–H groups in total. The summed E-state index contributed by atoms with van der Waals surface area (Å²) in [7, 11) is 0. The highest BCUT2D eigenvalue weighted by molar-refractivity contribution is 6.00. The van der Waals surface area contributed by atoms with Crippen LogP contribution in [0.4, 0.5) is 16.2 Å². The van der Waals surface area contributed by atoms with Gasteiger partial charge in [-0.2, -0.15) is 4.98 Å². The minimum atomic E-state index is -0.519. The van der Waals surface area contributed by atoms with E-state index in [4.69, 9.17) is 9.97 Å². The van der Waals surface area contributed by atoms with Crippen LogP contribution < -0.4 is 9.80 Å².